The molecule has 0 aliphatic heterocycles. The molecule has 0 aliphatic carbocycles. The molecule has 0 saturated carbocycles. The van der Waals surface area contributed by atoms with Crippen LogP contribution in [-0.2, 0) is 19.6 Å². The van der Waals surface area contributed by atoms with Gasteiger partial charge in [-0.3, -0.25) is 24.0 Å². The van der Waals surface area contributed by atoms with Crippen LogP contribution in [0.2, 0.25) is 0 Å². The van der Waals surface area contributed by atoms with Crippen molar-refractivity contribution in [1.82, 2.24) is 14.5 Å². The molecule has 0 amide bonds. The number of thiophene rings is 1. The topological polar surface area (TPSA) is 114 Å². The third kappa shape index (κ3) is 4.49. The van der Waals surface area contributed by atoms with Crippen molar-refractivity contribution in [3.63, 3.8) is 0 Å². The van der Waals surface area contributed by atoms with Crippen LogP contribution in [0.5, 0.6) is 0 Å². The Kier molecular flexibility index (Phi) is 6.27. The van der Waals surface area contributed by atoms with E-state index in [9.17, 15) is 14.4 Å². The molecule has 0 unspecified atom stereocenters. The molecule has 0 atom stereocenters. The Morgan fingerprint density at radius 2 is 2.11 bits per heavy atom. The molecule has 3 aromatic heterocycles. The number of hydrogen-bond donors (Lipinski definition) is 2. The number of ketones is 1. The van der Waals surface area contributed by atoms with E-state index in [0.29, 0.717) is 31.8 Å². The number of nitrogens with zero attached hydrogens (tertiary/aromatic N) is 2. The first kappa shape index (κ1) is 19.8. The quantitative estimate of drug-likeness (QED) is 0.530. The van der Waals surface area contributed by atoms with Crippen LogP contribution in [0.4, 0.5) is 5.82 Å². The predicted octanol–water partition coefficient (Wildman–Crippen LogP) is 2.07. The maximum absolute atomic E-state index is 12.9. The molecular formula is C19H22N4O4S. The van der Waals surface area contributed by atoms with Gasteiger partial charge in [0, 0.05) is 18.0 Å². The second-order valence-corrected chi connectivity index (χ2v) is 7.43. The highest BCUT2D eigenvalue weighted by atomic mass is 32.1. The maximum atomic E-state index is 12.9. The largest absolute Gasteiger partial charge is 0.468 e. The number of aromatic nitrogens is 2. The van der Waals surface area contributed by atoms with E-state index < -0.39 is 17.0 Å². The average molecular weight is 402 g/mol. The normalized spacial score (nSPS) is 11.2. The van der Waals surface area contributed by atoms with Crippen molar-refractivity contribution in [1.29, 1.82) is 0 Å². The van der Waals surface area contributed by atoms with E-state index in [1.165, 1.54) is 4.57 Å². The molecule has 3 N–H and O–H groups in total. The molecule has 3 heterocycles. The number of rotatable bonds is 9. The molecular weight excluding hydrogens is 380 g/mol. The summed E-state index contributed by atoms with van der Waals surface area (Å²) in [7, 11) is 0. The van der Waals surface area contributed by atoms with Gasteiger partial charge >= 0.3 is 5.69 Å². The maximum Gasteiger partial charge on any atom is 0.329 e. The molecule has 3 aromatic rings. The smallest absolute Gasteiger partial charge is 0.329 e. The second-order valence-electron chi connectivity index (χ2n) is 6.40. The molecule has 0 saturated heterocycles. The minimum Gasteiger partial charge on any atom is -0.468 e. The SMILES string of the molecule is CCCn1c(N)c(C(=O)CN(Cc2ccco2)Cc2cccs2)c(=O)[nH]c1=O. The Labute approximate surface area is 165 Å². The molecule has 28 heavy (non-hydrogen) atoms. The third-order valence-corrected chi connectivity index (χ3v) is 5.11. The summed E-state index contributed by atoms with van der Waals surface area (Å²) in [5.41, 5.74) is 4.47. The van der Waals surface area contributed by atoms with E-state index in [2.05, 4.69) is 4.98 Å². The zero-order valence-corrected chi connectivity index (χ0v) is 16.3. The van der Waals surface area contributed by atoms with Crippen LogP contribution in [0.3, 0.4) is 0 Å². The van der Waals surface area contributed by atoms with Crippen molar-refractivity contribution in [3.05, 3.63) is 72.9 Å². The van der Waals surface area contributed by atoms with Crippen LogP contribution in [0.15, 0.2) is 49.9 Å². The molecule has 0 aliphatic rings. The standard InChI is InChI=1S/C19H22N4O4S/c1-2-7-23-17(20)16(18(25)21-19(23)26)15(24)12-22(10-13-5-3-8-27-13)11-14-6-4-9-28-14/h3-6,8-9H,2,7,10-12,20H2,1H3,(H,21,25,26). The number of Topliss-reactive ketones (excluding diaryl/α,β-unsaturated/α-hetero) is 1. The number of furan rings is 1. The van der Waals surface area contributed by atoms with Gasteiger partial charge in [0.1, 0.15) is 17.1 Å². The van der Waals surface area contributed by atoms with Crippen LogP contribution in [0.1, 0.15) is 34.3 Å². The highest BCUT2D eigenvalue weighted by Crippen LogP contribution is 2.16. The Morgan fingerprint density at radius 1 is 1.29 bits per heavy atom. The number of anilines is 1. The fourth-order valence-corrected chi connectivity index (χ4v) is 3.74. The summed E-state index contributed by atoms with van der Waals surface area (Å²) in [6.45, 7) is 3.10. The van der Waals surface area contributed by atoms with Crippen molar-refractivity contribution >= 4 is 22.9 Å². The summed E-state index contributed by atoms with van der Waals surface area (Å²) in [6, 6.07) is 7.53. The van der Waals surface area contributed by atoms with Gasteiger partial charge in [0.25, 0.3) is 5.56 Å². The number of carbonyl (C=O) groups is 1. The molecule has 3 rings (SSSR count). The Morgan fingerprint density at radius 3 is 2.75 bits per heavy atom. The fourth-order valence-electron chi connectivity index (χ4n) is 3.00. The first-order chi connectivity index (χ1) is 13.5. The molecule has 0 fully saturated rings. The molecule has 0 bridgehead atoms. The van der Waals surface area contributed by atoms with Crippen LogP contribution >= 0.6 is 11.3 Å². The lowest BCUT2D eigenvalue weighted by molar-refractivity contribution is 0.0914. The minimum atomic E-state index is -0.756. The van der Waals surface area contributed by atoms with Gasteiger partial charge in [0.05, 0.1) is 19.4 Å². The number of nitrogen functional groups attached to an aromatic ring is 1. The number of aromatic amines is 1. The summed E-state index contributed by atoms with van der Waals surface area (Å²) in [6.07, 6.45) is 2.22. The first-order valence-electron chi connectivity index (χ1n) is 8.92. The van der Waals surface area contributed by atoms with Gasteiger partial charge in [0.15, 0.2) is 5.78 Å². The Balaban J connectivity index is 1.88. The van der Waals surface area contributed by atoms with Crippen molar-refractivity contribution < 1.29 is 9.21 Å². The number of hydrogen-bond acceptors (Lipinski definition) is 7. The zero-order chi connectivity index (χ0) is 20.1. The van der Waals surface area contributed by atoms with E-state index in [1.54, 1.807) is 23.7 Å². The van der Waals surface area contributed by atoms with Gasteiger partial charge in [-0.15, -0.1) is 11.3 Å². The average Bonchev–Trinajstić information content (AvgIpc) is 3.32. The number of nitrogens with one attached hydrogen (secondary N) is 1. The van der Waals surface area contributed by atoms with E-state index in [-0.39, 0.29) is 17.9 Å². The lowest BCUT2D eigenvalue weighted by atomic mass is 10.1. The molecule has 8 nitrogen and oxygen atoms in total. The minimum absolute atomic E-state index is 0.0315. The van der Waals surface area contributed by atoms with E-state index >= 15 is 0 Å². The van der Waals surface area contributed by atoms with E-state index in [1.807, 2.05) is 35.4 Å². The molecule has 0 radical (unpaired) electrons. The summed E-state index contributed by atoms with van der Waals surface area (Å²) in [4.78, 5) is 42.3. The van der Waals surface area contributed by atoms with E-state index in [0.717, 1.165) is 4.88 Å². The van der Waals surface area contributed by atoms with Crippen molar-refractivity contribution in [2.24, 2.45) is 0 Å². The van der Waals surface area contributed by atoms with Gasteiger partial charge < -0.3 is 10.2 Å². The zero-order valence-electron chi connectivity index (χ0n) is 15.5. The molecule has 0 aromatic carbocycles. The number of H-pyrrole nitrogens is 1. The fraction of sp³-hybridized carbons (Fsp3) is 0.316. The Hall–Kier alpha value is -2.91. The lowest BCUT2D eigenvalue weighted by Crippen LogP contribution is -2.39. The highest BCUT2D eigenvalue weighted by Gasteiger charge is 2.22. The van der Waals surface area contributed by atoms with Crippen molar-refractivity contribution in [2.75, 3.05) is 12.3 Å². The van der Waals surface area contributed by atoms with Crippen LogP contribution in [0, 0.1) is 0 Å². The van der Waals surface area contributed by atoms with Crippen molar-refractivity contribution in [2.45, 2.75) is 33.0 Å². The summed E-state index contributed by atoms with van der Waals surface area (Å²) in [5, 5.41) is 1.96. The van der Waals surface area contributed by atoms with Gasteiger partial charge in [0.2, 0.25) is 0 Å². The monoisotopic (exact) mass is 402 g/mol. The van der Waals surface area contributed by atoms with Gasteiger partial charge in [-0.05, 0) is 30.0 Å². The number of nitrogens with two attached hydrogens (primary N) is 1. The Bertz CT molecular complexity index is 999. The van der Waals surface area contributed by atoms with Crippen molar-refractivity contribution in [3.8, 4) is 0 Å². The lowest BCUT2D eigenvalue weighted by Gasteiger charge is -2.20. The summed E-state index contributed by atoms with van der Waals surface area (Å²) >= 11 is 1.58. The van der Waals surface area contributed by atoms with Gasteiger partial charge in [-0.25, -0.2) is 4.79 Å². The van der Waals surface area contributed by atoms with Crippen LogP contribution in [-0.4, -0.2) is 26.8 Å². The number of carbonyl (C=O) groups excluding carboxylic acids is 1. The van der Waals surface area contributed by atoms with Crippen LogP contribution < -0.4 is 17.0 Å². The third-order valence-electron chi connectivity index (χ3n) is 4.25. The van der Waals surface area contributed by atoms with Gasteiger partial charge in [-0.1, -0.05) is 13.0 Å². The molecule has 0 spiro atoms. The van der Waals surface area contributed by atoms with Gasteiger partial charge in [-0.2, -0.15) is 0 Å². The molecule has 9 heteroatoms. The van der Waals surface area contributed by atoms with E-state index in [4.69, 9.17) is 10.2 Å². The molecule has 148 valence electrons. The summed E-state index contributed by atoms with van der Waals surface area (Å²) < 4.78 is 6.62. The highest BCUT2D eigenvalue weighted by molar-refractivity contribution is 7.09. The van der Waals surface area contributed by atoms with Crippen LogP contribution in [0.25, 0.3) is 0 Å². The first-order valence-corrected chi connectivity index (χ1v) is 9.80. The summed E-state index contributed by atoms with van der Waals surface area (Å²) in [5.74, 6) is 0.184. The predicted molar refractivity (Wildman–Crippen MR) is 107 cm³/mol. The second kappa shape index (κ2) is 8.85.